The molecule has 0 heterocycles. The van der Waals surface area contributed by atoms with Crippen LogP contribution >= 0.6 is 24.0 Å². The third kappa shape index (κ3) is 7.75. The molecule has 3 N–H and O–H groups in total. The van der Waals surface area contributed by atoms with E-state index in [-0.39, 0.29) is 42.3 Å². The van der Waals surface area contributed by atoms with Gasteiger partial charge in [-0.25, -0.2) is 13.1 Å². The number of guanidine groups is 1. The predicted molar refractivity (Wildman–Crippen MR) is 125 cm³/mol. The number of hydrogen-bond donors (Lipinski definition) is 3. The highest BCUT2D eigenvalue weighted by molar-refractivity contribution is 14.0. The van der Waals surface area contributed by atoms with Crippen LogP contribution in [0.4, 0.5) is 0 Å². The molecule has 1 aliphatic carbocycles. The number of benzene rings is 1. The average molecular weight is 524 g/mol. The quantitative estimate of drug-likeness (QED) is 0.263. The normalized spacial score (nSPS) is 15.9. The SMILES string of the molecule is CN=C(NCCS(=O)(=O)NCC1CCC1)NC(C)c1cc(C)ccc1OC.I. The average Bonchev–Trinajstić information content (AvgIpc) is 2.59. The molecule has 0 amide bonds. The first-order chi connectivity index (χ1) is 12.8. The zero-order valence-electron chi connectivity index (χ0n) is 17.1. The lowest BCUT2D eigenvalue weighted by molar-refractivity contribution is 0.316. The van der Waals surface area contributed by atoms with Crippen LogP contribution in [0.2, 0.25) is 0 Å². The second-order valence-electron chi connectivity index (χ2n) is 7.07. The Bertz CT molecular complexity index is 752. The van der Waals surface area contributed by atoms with Gasteiger partial charge in [0, 0.05) is 25.7 Å². The summed E-state index contributed by atoms with van der Waals surface area (Å²) in [6.45, 7) is 4.89. The third-order valence-electron chi connectivity index (χ3n) is 4.91. The maximum atomic E-state index is 12.1. The molecule has 9 heteroatoms. The molecule has 0 radical (unpaired) electrons. The Kier molecular flexibility index (Phi) is 10.5. The summed E-state index contributed by atoms with van der Waals surface area (Å²) in [5, 5.41) is 6.36. The third-order valence-corrected chi connectivity index (χ3v) is 6.26. The van der Waals surface area contributed by atoms with Gasteiger partial charge in [-0.1, -0.05) is 24.1 Å². The van der Waals surface area contributed by atoms with Gasteiger partial charge >= 0.3 is 0 Å². The Labute approximate surface area is 186 Å². The van der Waals surface area contributed by atoms with Gasteiger partial charge in [-0.2, -0.15) is 0 Å². The lowest BCUT2D eigenvalue weighted by Crippen LogP contribution is -2.42. The van der Waals surface area contributed by atoms with Crippen molar-refractivity contribution in [1.82, 2.24) is 15.4 Å². The molecule has 1 aromatic rings. The molecule has 0 saturated heterocycles. The molecular formula is C19H33IN4O3S. The van der Waals surface area contributed by atoms with E-state index in [1.54, 1.807) is 14.2 Å². The van der Waals surface area contributed by atoms with Crippen LogP contribution < -0.4 is 20.1 Å². The van der Waals surface area contributed by atoms with Crippen molar-refractivity contribution in [2.24, 2.45) is 10.9 Å². The van der Waals surface area contributed by atoms with E-state index in [1.165, 1.54) is 6.42 Å². The molecule has 0 bridgehead atoms. The van der Waals surface area contributed by atoms with Crippen molar-refractivity contribution in [3.8, 4) is 5.75 Å². The van der Waals surface area contributed by atoms with Gasteiger partial charge in [0.2, 0.25) is 10.0 Å². The minimum absolute atomic E-state index is 0. The summed E-state index contributed by atoms with van der Waals surface area (Å²) < 4.78 is 32.3. The highest BCUT2D eigenvalue weighted by atomic mass is 127. The Hall–Kier alpha value is -1.07. The first-order valence-electron chi connectivity index (χ1n) is 9.43. The van der Waals surface area contributed by atoms with Crippen LogP contribution in [-0.2, 0) is 10.0 Å². The Morgan fingerprint density at radius 2 is 2.07 bits per heavy atom. The Balaban J connectivity index is 0.00000392. The molecule has 1 aromatic carbocycles. The highest BCUT2D eigenvalue weighted by Gasteiger charge is 2.20. The number of rotatable bonds is 9. The minimum Gasteiger partial charge on any atom is -0.496 e. The smallest absolute Gasteiger partial charge is 0.213 e. The van der Waals surface area contributed by atoms with Crippen molar-refractivity contribution in [2.45, 2.75) is 39.2 Å². The van der Waals surface area contributed by atoms with Crippen molar-refractivity contribution in [1.29, 1.82) is 0 Å². The minimum atomic E-state index is -3.27. The van der Waals surface area contributed by atoms with E-state index >= 15 is 0 Å². The van der Waals surface area contributed by atoms with E-state index in [0.717, 1.165) is 29.7 Å². The molecule has 160 valence electrons. The van der Waals surface area contributed by atoms with Crippen LogP contribution in [0.1, 0.15) is 43.4 Å². The molecular weight excluding hydrogens is 491 g/mol. The van der Waals surface area contributed by atoms with E-state index < -0.39 is 10.0 Å². The monoisotopic (exact) mass is 524 g/mol. The van der Waals surface area contributed by atoms with Crippen LogP contribution in [0.3, 0.4) is 0 Å². The topological polar surface area (TPSA) is 91.8 Å². The maximum Gasteiger partial charge on any atom is 0.213 e. The molecule has 0 aliphatic heterocycles. The Morgan fingerprint density at radius 3 is 2.64 bits per heavy atom. The Morgan fingerprint density at radius 1 is 1.36 bits per heavy atom. The molecule has 1 saturated carbocycles. The largest absolute Gasteiger partial charge is 0.496 e. The molecule has 1 atom stereocenters. The van der Waals surface area contributed by atoms with Crippen LogP contribution in [0, 0.1) is 12.8 Å². The number of methoxy groups -OCH3 is 1. The van der Waals surface area contributed by atoms with Crippen LogP contribution in [0.15, 0.2) is 23.2 Å². The molecule has 0 spiro atoms. The lowest BCUT2D eigenvalue weighted by Gasteiger charge is -2.25. The summed E-state index contributed by atoms with van der Waals surface area (Å²) >= 11 is 0. The number of hydrogen-bond acceptors (Lipinski definition) is 4. The number of nitrogens with zero attached hydrogens (tertiary/aromatic N) is 1. The van der Waals surface area contributed by atoms with Gasteiger partial charge in [0.25, 0.3) is 0 Å². The fourth-order valence-corrected chi connectivity index (χ4v) is 3.99. The van der Waals surface area contributed by atoms with Gasteiger partial charge in [-0.05, 0) is 38.7 Å². The summed E-state index contributed by atoms with van der Waals surface area (Å²) in [4.78, 5) is 4.19. The molecule has 7 nitrogen and oxygen atoms in total. The summed E-state index contributed by atoms with van der Waals surface area (Å²) in [5.74, 6) is 1.88. The van der Waals surface area contributed by atoms with Crippen LogP contribution in [0.5, 0.6) is 5.75 Å². The summed E-state index contributed by atoms with van der Waals surface area (Å²) in [6, 6.07) is 5.97. The zero-order chi connectivity index (χ0) is 19.9. The second kappa shape index (κ2) is 11.8. The number of sulfonamides is 1. The van der Waals surface area contributed by atoms with Crippen molar-refractivity contribution in [3.05, 3.63) is 29.3 Å². The van der Waals surface area contributed by atoms with E-state index in [1.807, 2.05) is 26.0 Å². The van der Waals surface area contributed by atoms with Gasteiger partial charge in [-0.3, -0.25) is 4.99 Å². The van der Waals surface area contributed by atoms with Gasteiger partial charge in [0.05, 0.1) is 18.9 Å². The van der Waals surface area contributed by atoms with E-state index in [0.29, 0.717) is 18.4 Å². The maximum absolute atomic E-state index is 12.1. The van der Waals surface area contributed by atoms with E-state index in [9.17, 15) is 8.42 Å². The molecule has 2 rings (SSSR count). The van der Waals surface area contributed by atoms with Gasteiger partial charge < -0.3 is 15.4 Å². The summed E-state index contributed by atoms with van der Waals surface area (Å²) in [5.41, 5.74) is 2.17. The summed E-state index contributed by atoms with van der Waals surface area (Å²) in [6.07, 6.45) is 3.45. The fraction of sp³-hybridized carbons (Fsp3) is 0.632. The lowest BCUT2D eigenvalue weighted by atomic mass is 9.86. The first-order valence-corrected chi connectivity index (χ1v) is 11.1. The predicted octanol–water partition coefficient (Wildman–Crippen LogP) is 2.57. The van der Waals surface area contributed by atoms with Crippen molar-refractivity contribution < 1.29 is 13.2 Å². The first kappa shape index (κ1) is 25.0. The zero-order valence-corrected chi connectivity index (χ0v) is 20.3. The van der Waals surface area contributed by atoms with Crippen molar-refractivity contribution >= 4 is 40.0 Å². The van der Waals surface area contributed by atoms with E-state index in [2.05, 4.69) is 26.4 Å². The van der Waals surface area contributed by atoms with Crippen molar-refractivity contribution in [2.75, 3.05) is 33.0 Å². The summed E-state index contributed by atoms with van der Waals surface area (Å²) in [7, 11) is 0.0449. The highest BCUT2D eigenvalue weighted by Crippen LogP contribution is 2.26. The van der Waals surface area contributed by atoms with Crippen LogP contribution in [0.25, 0.3) is 0 Å². The van der Waals surface area contributed by atoms with Gasteiger partial charge in [-0.15, -0.1) is 24.0 Å². The standard InChI is InChI=1S/C19H32N4O3S.HI/c1-14-8-9-18(26-4)17(12-14)15(2)23-19(20-3)21-10-11-27(24,25)22-13-16-6-5-7-16;/h8-9,12,15-16,22H,5-7,10-11,13H2,1-4H3,(H2,20,21,23);1H. The molecule has 1 unspecified atom stereocenters. The fourth-order valence-electron chi connectivity index (χ4n) is 2.99. The molecule has 1 aliphatic rings. The van der Waals surface area contributed by atoms with Crippen molar-refractivity contribution in [3.63, 3.8) is 0 Å². The van der Waals surface area contributed by atoms with E-state index in [4.69, 9.17) is 4.74 Å². The second-order valence-corrected chi connectivity index (χ2v) is 9.00. The van der Waals surface area contributed by atoms with Gasteiger partial charge in [0.1, 0.15) is 5.75 Å². The van der Waals surface area contributed by atoms with Gasteiger partial charge in [0.15, 0.2) is 5.96 Å². The molecule has 1 fully saturated rings. The number of aliphatic imine (C=N–C) groups is 1. The number of nitrogens with one attached hydrogen (secondary N) is 3. The molecule has 0 aromatic heterocycles. The number of halogens is 1. The number of ether oxygens (including phenoxy) is 1. The molecule has 28 heavy (non-hydrogen) atoms. The number of aryl methyl sites for hydroxylation is 1. The van der Waals surface area contributed by atoms with Crippen LogP contribution in [-0.4, -0.2) is 47.4 Å².